The molecule has 0 spiro atoms. The molecule has 32 heavy (non-hydrogen) atoms. The van der Waals surface area contributed by atoms with Gasteiger partial charge in [-0.15, -0.1) is 0 Å². The van der Waals surface area contributed by atoms with Crippen molar-refractivity contribution in [3.63, 3.8) is 0 Å². The molecule has 0 bridgehead atoms. The van der Waals surface area contributed by atoms with Crippen LogP contribution in [0.4, 0.5) is 5.69 Å². The van der Waals surface area contributed by atoms with Crippen LogP contribution in [0.15, 0.2) is 71.4 Å². The molecule has 1 fully saturated rings. The zero-order chi connectivity index (χ0) is 21.9. The topological polar surface area (TPSA) is 52.6 Å². The Bertz CT molecular complexity index is 1160. The molecule has 2 N–H and O–H groups in total. The van der Waals surface area contributed by atoms with Gasteiger partial charge in [0, 0.05) is 67.7 Å². The van der Waals surface area contributed by atoms with Crippen LogP contribution in [-0.2, 0) is 0 Å². The van der Waals surface area contributed by atoms with Gasteiger partial charge in [0.25, 0.3) is 0 Å². The maximum atomic E-state index is 6.60. The van der Waals surface area contributed by atoms with Gasteiger partial charge < -0.3 is 10.6 Å². The van der Waals surface area contributed by atoms with E-state index < -0.39 is 0 Å². The molecule has 2 atom stereocenters. The van der Waals surface area contributed by atoms with Gasteiger partial charge in [-0.05, 0) is 42.1 Å². The molecule has 2 aliphatic heterocycles. The quantitative estimate of drug-likeness (QED) is 0.581. The van der Waals surface area contributed by atoms with Crippen LogP contribution >= 0.6 is 11.6 Å². The third-order valence-electron chi connectivity index (χ3n) is 6.31. The van der Waals surface area contributed by atoms with Crippen molar-refractivity contribution in [3.8, 4) is 11.3 Å². The van der Waals surface area contributed by atoms with Crippen LogP contribution in [0.5, 0.6) is 0 Å². The Morgan fingerprint density at radius 3 is 2.78 bits per heavy atom. The fourth-order valence-electron chi connectivity index (χ4n) is 4.50. The maximum Gasteiger partial charge on any atom is 0.105 e. The predicted molar refractivity (Wildman–Crippen MR) is 135 cm³/mol. The minimum atomic E-state index is 0.150. The average molecular weight is 446 g/mol. The lowest BCUT2D eigenvalue weighted by Gasteiger charge is -2.33. The highest BCUT2D eigenvalue weighted by Crippen LogP contribution is 2.34. The number of halogens is 1. The summed E-state index contributed by atoms with van der Waals surface area (Å²) >= 11 is 6.60. The van der Waals surface area contributed by atoms with E-state index in [4.69, 9.17) is 16.6 Å². The summed E-state index contributed by atoms with van der Waals surface area (Å²) in [5, 5.41) is 9.98. The second-order valence-corrected chi connectivity index (χ2v) is 8.83. The standard InChI is InChI=1S/C26H28ClN5/c1-18(20-6-9-25(30-17-20)32-14-12-28-13-15-32)31-21-7-8-24(27)23(16-21)26-22-5-3-2-4-19(22)10-11-29-26/h2-8,10-11,16-18,25,28,31H,9,12-15H2,1H3. The molecule has 164 valence electrons. The summed E-state index contributed by atoms with van der Waals surface area (Å²) in [4.78, 5) is 12.0. The van der Waals surface area contributed by atoms with Gasteiger partial charge in [-0.25, -0.2) is 0 Å². The number of pyridine rings is 1. The van der Waals surface area contributed by atoms with Gasteiger partial charge in [0.05, 0.1) is 10.7 Å². The zero-order valence-corrected chi connectivity index (χ0v) is 19.0. The Kier molecular flexibility index (Phi) is 6.21. The molecule has 0 aliphatic carbocycles. The van der Waals surface area contributed by atoms with Crippen molar-refractivity contribution in [1.29, 1.82) is 0 Å². The van der Waals surface area contributed by atoms with Gasteiger partial charge in [0.15, 0.2) is 0 Å². The Morgan fingerprint density at radius 2 is 1.97 bits per heavy atom. The van der Waals surface area contributed by atoms with E-state index in [1.165, 1.54) is 5.57 Å². The highest BCUT2D eigenvalue weighted by atomic mass is 35.5. The Labute approximate surface area is 194 Å². The van der Waals surface area contributed by atoms with Crippen molar-refractivity contribution in [1.82, 2.24) is 15.2 Å². The summed E-state index contributed by atoms with van der Waals surface area (Å²) < 4.78 is 0. The third kappa shape index (κ3) is 4.42. The molecule has 2 unspecified atom stereocenters. The van der Waals surface area contributed by atoms with Crippen molar-refractivity contribution in [2.24, 2.45) is 4.99 Å². The summed E-state index contributed by atoms with van der Waals surface area (Å²) in [5.74, 6) is 0. The van der Waals surface area contributed by atoms with Crippen molar-refractivity contribution in [2.45, 2.75) is 25.6 Å². The SMILES string of the molecule is CC(Nc1ccc(Cl)c(-c2nccc3ccccc23)c1)C1=CCC(N2CCNCC2)N=C1. The number of nitrogens with one attached hydrogen (secondary N) is 2. The molecule has 0 amide bonds. The third-order valence-corrected chi connectivity index (χ3v) is 6.64. The summed E-state index contributed by atoms with van der Waals surface area (Å²) in [6.45, 7) is 6.40. The smallest absolute Gasteiger partial charge is 0.105 e. The Hall–Kier alpha value is -2.73. The van der Waals surface area contributed by atoms with Crippen LogP contribution in [0.2, 0.25) is 5.02 Å². The highest BCUT2D eigenvalue weighted by molar-refractivity contribution is 6.33. The summed E-state index contributed by atoms with van der Waals surface area (Å²) in [7, 11) is 0. The lowest BCUT2D eigenvalue weighted by molar-refractivity contribution is 0.178. The van der Waals surface area contributed by atoms with Gasteiger partial charge in [0.2, 0.25) is 0 Å². The first-order valence-electron chi connectivity index (χ1n) is 11.3. The number of benzene rings is 2. The molecule has 3 heterocycles. The molecule has 1 aromatic heterocycles. The lowest BCUT2D eigenvalue weighted by atomic mass is 10.0. The number of aromatic nitrogens is 1. The average Bonchev–Trinajstić information content (AvgIpc) is 2.85. The van der Waals surface area contributed by atoms with Crippen molar-refractivity contribution >= 4 is 34.3 Å². The molecule has 5 rings (SSSR count). The van der Waals surface area contributed by atoms with E-state index in [1.54, 1.807) is 0 Å². The number of anilines is 1. The largest absolute Gasteiger partial charge is 0.378 e. The first-order valence-corrected chi connectivity index (χ1v) is 11.6. The second kappa shape index (κ2) is 9.41. The Balaban J connectivity index is 1.33. The van der Waals surface area contributed by atoms with Crippen molar-refractivity contribution in [2.75, 3.05) is 31.5 Å². The molecule has 2 aromatic carbocycles. The van der Waals surface area contributed by atoms with Crippen molar-refractivity contribution < 1.29 is 0 Å². The van der Waals surface area contributed by atoms with Gasteiger partial charge in [0.1, 0.15) is 6.17 Å². The number of fused-ring (bicyclic) bond motifs is 1. The monoisotopic (exact) mass is 445 g/mol. The van der Waals surface area contributed by atoms with Crippen LogP contribution < -0.4 is 10.6 Å². The maximum absolute atomic E-state index is 6.60. The fourth-order valence-corrected chi connectivity index (χ4v) is 4.71. The molecular weight excluding hydrogens is 418 g/mol. The molecule has 2 aliphatic rings. The molecule has 1 saturated heterocycles. The van der Waals surface area contributed by atoms with Crippen LogP contribution in [0.3, 0.4) is 0 Å². The van der Waals surface area contributed by atoms with E-state index in [-0.39, 0.29) is 12.2 Å². The minimum Gasteiger partial charge on any atom is -0.378 e. The van der Waals surface area contributed by atoms with E-state index in [0.717, 1.165) is 60.3 Å². The Morgan fingerprint density at radius 1 is 1.12 bits per heavy atom. The van der Waals surface area contributed by atoms with Crippen LogP contribution in [0.1, 0.15) is 13.3 Å². The molecule has 5 nitrogen and oxygen atoms in total. The van der Waals surface area contributed by atoms with Gasteiger partial charge in [-0.1, -0.05) is 41.9 Å². The first-order chi connectivity index (χ1) is 15.7. The van der Waals surface area contributed by atoms with Gasteiger partial charge >= 0.3 is 0 Å². The molecule has 6 heteroatoms. The number of dihydropyridines is 1. The van der Waals surface area contributed by atoms with Crippen LogP contribution in [0, 0.1) is 0 Å². The molecule has 0 saturated carbocycles. The number of aliphatic imine (C=N–C) groups is 1. The van der Waals surface area contributed by atoms with E-state index in [1.807, 2.05) is 42.7 Å². The number of nitrogens with zero attached hydrogens (tertiary/aromatic N) is 3. The molecule has 0 radical (unpaired) electrons. The summed E-state index contributed by atoms with van der Waals surface area (Å²) in [5.41, 5.74) is 4.08. The normalized spacial score (nSPS) is 20.2. The predicted octanol–water partition coefficient (Wildman–Crippen LogP) is 4.99. The van der Waals surface area contributed by atoms with E-state index >= 15 is 0 Å². The summed E-state index contributed by atoms with van der Waals surface area (Å²) in [6, 6.07) is 16.5. The molecule has 3 aromatic rings. The van der Waals surface area contributed by atoms with Crippen LogP contribution in [-0.4, -0.2) is 54.5 Å². The van der Waals surface area contributed by atoms with Gasteiger partial charge in [-0.2, -0.15) is 0 Å². The van der Waals surface area contributed by atoms with E-state index in [0.29, 0.717) is 5.02 Å². The van der Waals surface area contributed by atoms with Crippen molar-refractivity contribution in [3.05, 3.63) is 71.4 Å². The fraction of sp³-hybridized carbons (Fsp3) is 0.308. The first kappa shape index (κ1) is 21.1. The zero-order valence-electron chi connectivity index (χ0n) is 18.3. The molecular formula is C26H28ClN5. The van der Waals surface area contributed by atoms with Crippen LogP contribution in [0.25, 0.3) is 22.0 Å². The minimum absolute atomic E-state index is 0.150. The van der Waals surface area contributed by atoms with E-state index in [2.05, 4.69) is 51.7 Å². The number of hydrogen-bond acceptors (Lipinski definition) is 5. The summed E-state index contributed by atoms with van der Waals surface area (Å²) in [6.07, 6.45) is 7.43. The highest BCUT2D eigenvalue weighted by Gasteiger charge is 2.21. The number of rotatable bonds is 5. The second-order valence-electron chi connectivity index (χ2n) is 8.43. The van der Waals surface area contributed by atoms with E-state index in [9.17, 15) is 0 Å². The number of hydrogen-bond donors (Lipinski definition) is 2. The number of piperazine rings is 1. The lowest BCUT2D eigenvalue weighted by Crippen LogP contribution is -2.48. The van der Waals surface area contributed by atoms with Gasteiger partial charge in [-0.3, -0.25) is 14.9 Å².